The van der Waals surface area contributed by atoms with Gasteiger partial charge in [-0.25, -0.2) is 8.78 Å². The lowest BCUT2D eigenvalue weighted by Crippen LogP contribution is -1.93. The SMILES string of the molecule is O=Cc1cc(F)c2c(c1)OCO2.O=Cc1cc(O)c(O)c(F)c1. The smallest absolute Gasteiger partial charge is 0.231 e. The Labute approximate surface area is 128 Å². The van der Waals surface area contributed by atoms with E-state index in [1.54, 1.807) is 0 Å². The van der Waals surface area contributed by atoms with E-state index >= 15 is 0 Å². The Morgan fingerprint density at radius 1 is 0.913 bits per heavy atom. The van der Waals surface area contributed by atoms with Crippen molar-refractivity contribution in [2.75, 3.05) is 6.79 Å². The second-order valence-corrected chi connectivity index (χ2v) is 4.34. The molecule has 0 radical (unpaired) electrons. The molecular formula is C15H10F2O6. The second kappa shape index (κ2) is 6.73. The van der Waals surface area contributed by atoms with Crippen molar-refractivity contribution in [2.24, 2.45) is 0 Å². The summed E-state index contributed by atoms with van der Waals surface area (Å²) in [5, 5.41) is 17.4. The molecule has 6 nitrogen and oxygen atoms in total. The molecule has 0 aromatic heterocycles. The maximum atomic E-state index is 13.0. The van der Waals surface area contributed by atoms with Crippen LogP contribution in [0.2, 0.25) is 0 Å². The molecule has 3 rings (SSSR count). The molecule has 1 aliphatic heterocycles. The predicted octanol–water partition coefficient (Wildman–Crippen LogP) is 2.42. The van der Waals surface area contributed by atoms with Gasteiger partial charge >= 0.3 is 0 Å². The van der Waals surface area contributed by atoms with Crippen molar-refractivity contribution < 1.29 is 38.1 Å². The van der Waals surface area contributed by atoms with Crippen molar-refractivity contribution in [3.05, 3.63) is 47.0 Å². The number of hydrogen-bond donors (Lipinski definition) is 2. The van der Waals surface area contributed by atoms with E-state index in [4.69, 9.17) is 19.7 Å². The van der Waals surface area contributed by atoms with Crippen LogP contribution in [0.4, 0.5) is 8.78 Å². The van der Waals surface area contributed by atoms with Crippen LogP contribution in [0.1, 0.15) is 20.7 Å². The van der Waals surface area contributed by atoms with Crippen molar-refractivity contribution in [1.82, 2.24) is 0 Å². The van der Waals surface area contributed by atoms with Crippen molar-refractivity contribution in [3.63, 3.8) is 0 Å². The minimum atomic E-state index is -1.01. The number of carbonyl (C=O) groups is 2. The van der Waals surface area contributed by atoms with Gasteiger partial charge in [-0.05, 0) is 24.3 Å². The first-order valence-corrected chi connectivity index (χ1v) is 6.17. The summed E-state index contributed by atoms with van der Waals surface area (Å²) in [6, 6.07) is 4.37. The molecule has 23 heavy (non-hydrogen) atoms. The quantitative estimate of drug-likeness (QED) is 0.651. The third-order valence-corrected chi connectivity index (χ3v) is 2.79. The number of aldehydes is 2. The van der Waals surface area contributed by atoms with Gasteiger partial charge in [0.05, 0.1) is 0 Å². The van der Waals surface area contributed by atoms with Crippen LogP contribution in [0.5, 0.6) is 23.0 Å². The van der Waals surface area contributed by atoms with E-state index in [0.717, 1.165) is 18.2 Å². The molecule has 8 heteroatoms. The minimum absolute atomic E-state index is 0.00850. The van der Waals surface area contributed by atoms with Crippen LogP contribution in [0.15, 0.2) is 24.3 Å². The molecule has 2 aromatic carbocycles. The Morgan fingerprint density at radius 2 is 1.52 bits per heavy atom. The van der Waals surface area contributed by atoms with Crippen LogP contribution in [0, 0.1) is 11.6 Å². The summed E-state index contributed by atoms with van der Waals surface area (Å²) in [6.45, 7) is 0.00850. The Morgan fingerprint density at radius 3 is 2.13 bits per heavy atom. The number of hydrogen-bond acceptors (Lipinski definition) is 6. The van der Waals surface area contributed by atoms with Crippen molar-refractivity contribution in [1.29, 1.82) is 0 Å². The van der Waals surface area contributed by atoms with E-state index < -0.39 is 23.1 Å². The molecule has 0 amide bonds. The zero-order valence-electron chi connectivity index (χ0n) is 11.5. The van der Waals surface area contributed by atoms with Gasteiger partial charge in [0.1, 0.15) is 12.6 Å². The highest BCUT2D eigenvalue weighted by Crippen LogP contribution is 2.35. The molecule has 2 N–H and O–H groups in total. The third kappa shape index (κ3) is 3.54. The van der Waals surface area contributed by atoms with E-state index in [0.29, 0.717) is 12.6 Å². The first-order valence-electron chi connectivity index (χ1n) is 6.17. The molecule has 0 unspecified atom stereocenters. The number of phenolic OH excluding ortho intramolecular Hbond substituents is 2. The van der Waals surface area contributed by atoms with Crippen LogP contribution in [0.25, 0.3) is 0 Å². The Balaban J connectivity index is 0.000000168. The largest absolute Gasteiger partial charge is 0.504 e. The predicted molar refractivity (Wildman–Crippen MR) is 73.0 cm³/mol. The van der Waals surface area contributed by atoms with Crippen LogP contribution in [-0.4, -0.2) is 29.6 Å². The maximum Gasteiger partial charge on any atom is 0.231 e. The normalized spacial score (nSPS) is 11.4. The van der Waals surface area contributed by atoms with Crippen LogP contribution in [0.3, 0.4) is 0 Å². The molecule has 0 saturated heterocycles. The van der Waals surface area contributed by atoms with E-state index in [1.165, 1.54) is 6.07 Å². The number of benzene rings is 2. The molecule has 0 atom stereocenters. The summed E-state index contributed by atoms with van der Waals surface area (Å²) < 4.78 is 35.1. The van der Waals surface area contributed by atoms with Gasteiger partial charge in [-0.1, -0.05) is 0 Å². The lowest BCUT2D eigenvalue weighted by atomic mass is 10.2. The van der Waals surface area contributed by atoms with E-state index in [-0.39, 0.29) is 29.4 Å². The van der Waals surface area contributed by atoms with Crippen molar-refractivity contribution in [2.45, 2.75) is 0 Å². The van der Waals surface area contributed by atoms with Crippen LogP contribution >= 0.6 is 0 Å². The number of aromatic hydroxyl groups is 2. The summed E-state index contributed by atoms with van der Waals surface area (Å²) >= 11 is 0. The van der Waals surface area contributed by atoms with Crippen LogP contribution < -0.4 is 9.47 Å². The number of fused-ring (bicyclic) bond motifs is 1. The zero-order chi connectivity index (χ0) is 17.0. The lowest BCUT2D eigenvalue weighted by molar-refractivity contribution is 0.111. The molecular weight excluding hydrogens is 314 g/mol. The second-order valence-electron chi connectivity index (χ2n) is 4.34. The minimum Gasteiger partial charge on any atom is -0.504 e. The topological polar surface area (TPSA) is 93.1 Å². The van der Waals surface area contributed by atoms with Crippen molar-refractivity contribution >= 4 is 12.6 Å². The average Bonchev–Trinajstić information content (AvgIpc) is 3.01. The molecule has 1 aliphatic rings. The standard InChI is InChI=1S/C8H5FO3.C7H5FO3/c9-6-1-5(3-10)2-7-8(6)12-4-11-7;8-5-1-4(3-9)2-6(10)7(5)11/h1-3H,4H2;1-3,10-11H. The highest BCUT2D eigenvalue weighted by atomic mass is 19.1. The number of ether oxygens (including phenoxy) is 2. The fraction of sp³-hybridized carbons (Fsp3) is 0.0667. The number of halogens is 2. The highest BCUT2D eigenvalue weighted by Gasteiger charge is 2.18. The van der Waals surface area contributed by atoms with Gasteiger partial charge in [0.25, 0.3) is 0 Å². The van der Waals surface area contributed by atoms with E-state index in [2.05, 4.69) is 0 Å². The summed E-state index contributed by atoms with van der Waals surface area (Å²) in [6.07, 6.45) is 0.938. The molecule has 0 saturated carbocycles. The molecule has 0 spiro atoms. The molecule has 2 aromatic rings. The Bertz CT molecular complexity index is 737. The van der Waals surface area contributed by atoms with Gasteiger partial charge in [0, 0.05) is 11.1 Å². The number of carbonyl (C=O) groups excluding carboxylic acids is 2. The summed E-state index contributed by atoms with van der Waals surface area (Å²) in [5.41, 5.74) is 0.231. The summed E-state index contributed by atoms with van der Waals surface area (Å²) in [5.74, 6) is -2.67. The van der Waals surface area contributed by atoms with Gasteiger partial charge in [0.15, 0.2) is 28.9 Å². The van der Waals surface area contributed by atoms with Gasteiger partial charge in [0.2, 0.25) is 12.5 Å². The van der Waals surface area contributed by atoms with Crippen molar-refractivity contribution in [3.8, 4) is 23.0 Å². The van der Waals surface area contributed by atoms with Gasteiger partial charge < -0.3 is 19.7 Å². The third-order valence-electron chi connectivity index (χ3n) is 2.79. The zero-order valence-corrected chi connectivity index (χ0v) is 11.5. The fourth-order valence-corrected chi connectivity index (χ4v) is 1.73. The van der Waals surface area contributed by atoms with Gasteiger partial charge in [-0.15, -0.1) is 0 Å². The summed E-state index contributed by atoms with van der Waals surface area (Å²) in [4.78, 5) is 20.4. The summed E-state index contributed by atoms with van der Waals surface area (Å²) in [7, 11) is 0. The number of rotatable bonds is 2. The highest BCUT2D eigenvalue weighted by molar-refractivity contribution is 5.77. The number of phenols is 2. The monoisotopic (exact) mass is 324 g/mol. The van der Waals surface area contributed by atoms with Gasteiger partial charge in [-0.2, -0.15) is 0 Å². The first-order chi connectivity index (χ1) is 11.0. The van der Waals surface area contributed by atoms with Crippen LogP contribution in [-0.2, 0) is 0 Å². The molecule has 120 valence electrons. The Kier molecular flexibility index (Phi) is 4.75. The lowest BCUT2D eigenvalue weighted by Gasteiger charge is -1.98. The molecule has 0 aliphatic carbocycles. The fourth-order valence-electron chi connectivity index (χ4n) is 1.73. The molecule has 0 bridgehead atoms. The Hall–Kier alpha value is -3.16. The molecule has 0 fully saturated rings. The van der Waals surface area contributed by atoms with E-state index in [9.17, 15) is 18.4 Å². The first kappa shape index (κ1) is 16.2. The maximum absolute atomic E-state index is 13.0. The average molecular weight is 324 g/mol. The van der Waals surface area contributed by atoms with E-state index in [1.807, 2.05) is 0 Å². The molecule has 1 heterocycles. The van der Waals surface area contributed by atoms with Gasteiger partial charge in [-0.3, -0.25) is 9.59 Å².